The van der Waals surface area contributed by atoms with Crippen molar-refractivity contribution < 1.29 is 0 Å². The highest BCUT2D eigenvalue weighted by Gasteiger charge is 2.21. The van der Waals surface area contributed by atoms with E-state index in [2.05, 4.69) is 43.7 Å². The van der Waals surface area contributed by atoms with E-state index < -0.39 is 0 Å². The summed E-state index contributed by atoms with van der Waals surface area (Å²) in [7, 11) is 0. The van der Waals surface area contributed by atoms with Crippen LogP contribution >= 0.6 is 0 Å². The highest BCUT2D eigenvalue weighted by Crippen LogP contribution is 2.30. The molecule has 0 aliphatic rings. The van der Waals surface area contributed by atoms with Gasteiger partial charge in [0.1, 0.15) is 5.82 Å². The summed E-state index contributed by atoms with van der Waals surface area (Å²) in [6, 6.07) is 4.06. The predicted molar refractivity (Wildman–Crippen MR) is 78.3 cm³/mol. The van der Waals surface area contributed by atoms with Gasteiger partial charge in [0, 0.05) is 18.9 Å². The van der Waals surface area contributed by atoms with Gasteiger partial charge in [-0.2, -0.15) is 0 Å². The van der Waals surface area contributed by atoms with E-state index in [1.54, 1.807) is 12.4 Å². The standard InChI is InChI=1S/C16H21N3/c1-10-8-11(2)13(4)15(12(10)3)14(9-17)16-18-6-5-7-19-16/h5-8,14H,9,17H2,1-4H3. The van der Waals surface area contributed by atoms with Crippen molar-refractivity contribution in [2.75, 3.05) is 6.54 Å². The van der Waals surface area contributed by atoms with Crippen molar-refractivity contribution in [1.29, 1.82) is 0 Å². The number of aromatic nitrogens is 2. The highest BCUT2D eigenvalue weighted by molar-refractivity contribution is 5.47. The second-order valence-corrected chi connectivity index (χ2v) is 5.07. The van der Waals surface area contributed by atoms with Gasteiger partial charge >= 0.3 is 0 Å². The smallest absolute Gasteiger partial charge is 0.136 e. The van der Waals surface area contributed by atoms with Gasteiger partial charge in [0.05, 0.1) is 5.92 Å². The molecule has 2 aromatic rings. The molecule has 0 aliphatic heterocycles. The Morgan fingerprint density at radius 1 is 1.00 bits per heavy atom. The van der Waals surface area contributed by atoms with E-state index >= 15 is 0 Å². The van der Waals surface area contributed by atoms with Crippen LogP contribution in [0.25, 0.3) is 0 Å². The second kappa shape index (κ2) is 5.49. The minimum Gasteiger partial charge on any atom is -0.329 e. The maximum atomic E-state index is 5.99. The van der Waals surface area contributed by atoms with Crippen molar-refractivity contribution in [3.8, 4) is 0 Å². The Kier molecular flexibility index (Phi) is 3.96. The molecule has 100 valence electrons. The molecule has 2 rings (SSSR count). The van der Waals surface area contributed by atoms with E-state index in [-0.39, 0.29) is 5.92 Å². The Hall–Kier alpha value is -1.74. The lowest BCUT2D eigenvalue weighted by atomic mass is 9.85. The van der Waals surface area contributed by atoms with Crippen LogP contribution in [0.5, 0.6) is 0 Å². The van der Waals surface area contributed by atoms with Crippen LogP contribution in [-0.2, 0) is 0 Å². The van der Waals surface area contributed by atoms with E-state index in [9.17, 15) is 0 Å². The topological polar surface area (TPSA) is 51.8 Å². The molecule has 0 amide bonds. The molecule has 0 bridgehead atoms. The number of hydrogen-bond acceptors (Lipinski definition) is 3. The summed E-state index contributed by atoms with van der Waals surface area (Å²) in [6.45, 7) is 9.12. The number of nitrogens with two attached hydrogens (primary N) is 1. The van der Waals surface area contributed by atoms with Crippen LogP contribution in [0.15, 0.2) is 24.5 Å². The summed E-state index contributed by atoms with van der Waals surface area (Å²) in [6.07, 6.45) is 3.55. The third kappa shape index (κ3) is 2.51. The lowest BCUT2D eigenvalue weighted by Crippen LogP contribution is -2.19. The van der Waals surface area contributed by atoms with Gasteiger partial charge in [-0.3, -0.25) is 0 Å². The Bertz CT molecular complexity index is 550. The summed E-state index contributed by atoms with van der Waals surface area (Å²) in [5.74, 6) is 0.876. The van der Waals surface area contributed by atoms with Gasteiger partial charge in [-0.1, -0.05) is 6.07 Å². The molecule has 0 spiro atoms. The summed E-state index contributed by atoms with van der Waals surface area (Å²) >= 11 is 0. The lowest BCUT2D eigenvalue weighted by molar-refractivity contribution is 0.737. The van der Waals surface area contributed by atoms with Gasteiger partial charge in [0.15, 0.2) is 0 Å². The Morgan fingerprint density at radius 2 is 1.53 bits per heavy atom. The number of benzene rings is 1. The van der Waals surface area contributed by atoms with Crippen molar-refractivity contribution in [2.24, 2.45) is 5.73 Å². The number of aryl methyl sites for hydroxylation is 2. The fourth-order valence-corrected chi connectivity index (χ4v) is 2.61. The van der Waals surface area contributed by atoms with Crippen LogP contribution in [0.3, 0.4) is 0 Å². The number of nitrogens with zero attached hydrogens (tertiary/aromatic N) is 2. The van der Waals surface area contributed by atoms with E-state index in [0.29, 0.717) is 6.54 Å². The number of hydrogen-bond donors (Lipinski definition) is 1. The SMILES string of the molecule is Cc1cc(C)c(C)c(C(CN)c2ncccn2)c1C. The van der Waals surface area contributed by atoms with Gasteiger partial charge in [0.25, 0.3) is 0 Å². The van der Waals surface area contributed by atoms with Crippen molar-refractivity contribution >= 4 is 0 Å². The Labute approximate surface area is 114 Å². The van der Waals surface area contributed by atoms with Gasteiger partial charge in [0.2, 0.25) is 0 Å². The van der Waals surface area contributed by atoms with E-state index in [1.807, 2.05) is 6.07 Å². The van der Waals surface area contributed by atoms with Crippen molar-refractivity contribution in [2.45, 2.75) is 33.6 Å². The minimum absolute atomic E-state index is 0.0693. The molecule has 0 aliphatic carbocycles. The molecule has 3 nitrogen and oxygen atoms in total. The van der Waals surface area contributed by atoms with E-state index in [1.165, 1.54) is 27.8 Å². The zero-order chi connectivity index (χ0) is 14.0. The first-order valence-corrected chi connectivity index (χ1v) is 6.60. The first-order chi connectivity index (χ1) is 9.06. The first-order valence-electron chi connectivity index (χ1n) is 6.60. The van der Waals surface area contributed by atoms with Gasteiger partial charge in [-0.15, -0.1) is 0 Å². The van der Waals surface area contributed by atoms with Crippen LogP contribution < -0.4 is 5.73 Å². The maximum absolute atomic E-state index is 5.99. The molecule has 2 N–H and O–H groups in total. The molecule has 1 aromatic carbocycles. The Morgan fingerprint density at radius 3 is 2.00 bits per heavy atom. The van der Waals surface area contributed by atoms with Crippen LogP contribution in [-0.4, -0.2) is 16.5 Å². The minimum atomic E-state index is 0.0693. The van der Waals surface area contributed by atoms with Crippen molar-refractivity contribution in [3.05, 3.63) is 58.2 Å². The first kappa shape index (κ1) is 13.7. The molecule has 0 fully saturated rings. The largest absolute Gasteiger partial charge is 0.329 e. The van der Waals surface area contributed by atoms with Crippen LogP contribution in [0.1, 0.15) is 39.6 Å². The normalized spacial score (nSPS) is 12.5. The summed E-state index contributed by atoms with van der Waals surface area (Å²) in [5, 5.41) is 0. The molecule has 1 heterocycles. The average molecular weight is 255 g/mol. The zero-order valence-corrected chi connectivity index (χ0v) is 12.1. The molecular weight excluding hydrogens is 234 g/mol. The van der Waals surface area contributed by atoms with Crippen molar-refractivity contribution in [3.63, 3.8) is 0 Å². The second-order valence-electron chi connectivity index (χ2n) is 5.07. The Balaban J connectivity index is 2.62. The molecule has 1 unspecified atom stereocenters. The van der Waals surface area contributed by atoms with E-state index in [0.717, 1.165) is 5.82 Å². The number of rotatable bonds is 3. The molecule has 1 aromatic heterocycles. The van der Waals surface area contributed by atoms with Crippen molar-refractivity contribution in [1.82, 2.24) is 9.97 Å². The molecule has 0 saturated heterocycles. The summed E-state index contributed by atoms with van der Waals surface area (Å²) in [4.78, 5) is 8.75. The van der Waals surface area contributed by atoms with Gasteiger partial charge in [-0.05, 0) is 61.6 Å². The molecular formula is C16H21N3. The van der Waals surface area contributed by atoms with Gasteiger partial charge in [-0.25, -0.2) is 9.97 Å². The fraction of sp³-hybridized carbons (Fsp3) is 0.375. The zero-order valence-electron chi connectivity index (χ0n) is 12.1. The lowest BCUT2D eigenvalue weighted by Gasteiger charge is -2.22. The summed E-state index contributed by atoms with van der Waals surface area (Å²) < 4.78 is 0. The molecule has 0 radical (unpaired) electrons. The molecule has 0 saturated carbocycles. The average Bonchev–Trinajstić information content (AvgIpc) is 2.42. The molecule has 19 heavy (non-hydrogen) atoms. The molecule has 1 atom stereocenters. The van der Waals surface area contributed by atoms with Crippen LogP contribution in [0.4, 0.5) is 0 Å². The predicted octanol–water partition coefficient (Wildman–Crippen LogP) is 2.80. The monoisotopic (exact) mass is 255 g/mol. The third-order valence-corrected chi connectivity index (χ3v) is 3.91. The maximum Gasteiger partial charge on any atom is 0.136 e. The highest BCUT2D eigenvalue weighted by atomic mass is 14.9. The third-order valence-electron chi connectivity index (χ3n) is 3.91. The van der Waals surface area contributed by atoms with E-state index in [4.69, 9.17) is 5.73 Å². The van der Waals surface area contributed by atoms with Gasteiger partial charge < -0.3 is 5.73 Å². The fourth-order valence-electron chi connectivity index (χ4n) is 2.61. The van der Waals surface area contributed by atoms with Crippen LogP contribution in [0.2, 0.25) is 0 Å². The summed E-state index contributed by atoms with van der Waals surface area (Å²) in [5.41, 5.74) is 12.5. The molecule has 3 heteroatoms. The van der Waals surface area contributed by atoms with Crippen LogP contribution in [0, 0.1) is 27.7 Å². The quantitative estimate of drug-likeness (QED) is 0.917.